The fourth-order valence-electron chi connectivity index (χ4n) is 6.70. The minimum absolute atomic E-state index is 0.0508. The number of aliphatic hydroxyl groups excluding tert-OH is 2. The Morgan fingerprint density at radius 3 is 1.83 bits per heavy atom. The zero-order valence-corrected chi connectivity index (χ0v) is 36.3. The lowest BCUT2D eigenvalue weighted by Gasteiger charge is -2.19. The van der Waals surface area contributed by atoms with Gasteiger partial charge >= 0.3 is 5.97 Å². The molecule has 15 heteroatoms. The van der Waals surface area contributed by atoms with E-state index in [-0.39, 0.29) is 39.6 Å². The highest BCUT2D eigenvalue weighted by atomic mass is 35.5. The van der Waals surface area contributed by atoms with Gasteiger partial charge in [-0.25, -0.2) is 0 Å². The molecule has 324 valence electrons. The van der Waals surface area contributed by atoms with Crippen molar-refractivity contribution in [3.8, 4) is 40.2 Å². The van der Waals surface area contributed by atoms with E-state index in [9.17, 15) is 25.4 Å². The van der Waals surface area contributed by atoms with Crippen LogP contribution < -0.4 is 24.3 Å². The molecule has 0 fully saturated rings. The average molecular weight is 891 g/mol. The van der Waals surface area contributed by atoms with Gasteiger partial charge < -0.3 is 34.3 Å². The van der Waals surface area contributed by atoms with E-state index in [0.717, 1.165) is 44.5 Å². The number of aliphatic carboxylic acids is 1. The van der Waals surface area contributed by atoms with Crippen molar-refractivity contribution in [1.82, 2.24) is 15.3 Å². The Labute approximate surface area is 375 Å². The minimum Gasteiger partial charge on any atom is -0.488 e. The van der Waals surface area contributed by atoms with Crippen molar-refractivity contribution in [2.45, 2.75) is 59.5 Å². The Hall–Kier alpha value is -6.53. The second kappa shape index (κ2) is 22.0. The number of carbonyl (C=O) groups is 1. The Kier molecular flexibility index (Phi) is 16.1. The van der Waals surface area contributed by atoms with Gasteiger partial charge in [0.25, 0.3) is 0 Å². The van der Waals surface area contributed by atoms with Crippen LogP contribution in [0.3, 0.4) is 0 Å². The number of nitriles is 1. The van der Waals surface area contributed by atoms with Crippen LogP contribution in [0.2, 0.25) is 10.0 Å². The number of carboxylic acids is 1. The summed E-state index contributed by atoms with van der Waals surface area (Å²) < 4.78 is 24.8. The quantitative estimate of drug-likeness (QED) is 0.0538. The molecule has 2 heterocycles. The van der Waals surface area contributed by atoms with Crippen LogP contribution >= 0.6 is 23.2 Å². The van der Waals surface area contributed by atoms with Gasteiger partial charge in [0.1, 0.15) is 61.5 Å². The number of ether oxygens (including phenoxy) is 4. The number of halogens is 2. The van der Waals surface area contributed by atoms with E-state index in [1.165, 1.54) is 6.20 Å². The Morgan fingerprint density at radius 1 is 0.746 bits per heavy atom. The number of aliphatic hydroxyl groups is 2. The normalized spacial score (nSPS) is 11.6. The van der Waals surface area contributed by atoms with Crippen LogP contribution in [-0.4, -0.2) is 57.2 Å². The van der Waals surface area contributed by atoms with Crippen molar-refractivity contribution in [3.63, 3.8) is 0 Å². The Bertz CT molecular complexity index is 2650. The number of aromatic nitrogens is 2. The number of nitrogens with zero attached hydrogens (tertiary/aromatic N) is 4. The zero-order valence-electron chi connectivity index (χ0n) is 34.8. The largest absolute Gasteiger partial charge is 0.488 e. The molecule has 13 nitrogen and oxygen atoms in total. The van der Waals surface area contributed by atoms with Crippen LogP contribution in [0.4, 0.5) is 0 Å². The van der Waals surface area contributed by atoms with Crippen LogP contribution in [0.5, 0.6) is 23.0 Å². The van der Waals surface area contributed by atoms with E-state index in [2.05, 4.69) is 38.5 Å². The zero-order chi connectivity index (χ0) is 44.9. The van der Waals surface area contributed by atoms with E-state index in [1.54, 1.807) is 62.2 Å². The minimum atomic E-state index is -1.19. The lowest BCUT2D eigenvalue weighted by atomic mass is 9.92. The average Bonchev–Trinajstić information content (AvgIpc) is 3.28. The highest BCUT2D eigenvalue weighted by molar-refractivity contribution is 6.32. The van der Waals surface area contributed by atoms with Crippen molar-refractivity contribution in [2.75, 3.05) is 13.7 Å². The van der Waals surface area contributed by atoms with Crippen LogP contribution in [0.15, 0.2) is 103 Å². The summed E-state index contributed by atoms with van der Waals surface area (Å²) in [6, 6.07) is 23.1. The molecule has 0 aliphatic carbocycles. The van der Waals surface area contributed by atoms with Crippen LogP contribution in [-0.2, 0) is 44.4 Å². The number of aliphatic imine (C=N–C) groups is 1. The molecule has 0 amide bonds. The molecule has 0 saturated heterocycles. The molecular formula is C48H45Cl2N5O8. The summed E-state index contributed by atoms with van der Waals surface area (Å²) in [5, 5.41) is 41.7. The van der Waals surface area contributed by atoms with Crippen molar-refractivity contribution in [3.05, 3.63) is 163 Å². The summed E-state index contributed by atoms with van der Waals surface area (Å²) in [5.74, 6) is 0.360. The first kappa shape index (κ1) is 46.0. The molecule has 0 bridgehead atoms. The van der Waals surface area contributed by atoms with E-state index < -0.39 is 18.6 Å². The number of hydrogen-bond acceptors (Lipinski definition) is 12. The molecule has 0 radical (unpaired) electrons. The molecule has 2 aromatic heterocycles. The van der Waals surface area contributed by atoms with E-state index in [0.29, 0.717) is 55.3 Å². The van der Waals surface area contributed by atoms with E-state index >= 15 is 0 Å². The van der Waals surface area contributed by atoms with E-state index in [1.807, 2.05) is 44.2 Å². The van der Waals surface area contributed by atoms with Crippen molar-refractivity contribution < 1.29 is 39.1 Å². The second-order valence-corrected chi connectivity index (χ2v) is 15.2. The highest BCUT2D eigenvalue weighted by Gasteiger charge is 2.19. The summed E-state index contributed by atoms with van der Waals surface area (Å²) in [7, 11) is 1.68. The third kappa shape index (κ3) is 11.9. The molecule has 4 N–H and O–H groups in total. The van der Waals surface area contributed by atoms with Crippen LogP contribution in [0.1, 0.15) is 55.6 Å². The molecule has 4 aromatic carbocycles. The predicted octanol–water partition coefficient (Wildman–Crippen LogP) is 8.33. The molecular weight excluding hydrogens is 845 g/mol. The molecule has 63 heavy (non-hydrogen) atoms. The maximum atomic E-state index is 11.6. The first-order valence-corrected chi connectivity index (χ1v) is 20.5. The number of benzene rings is 4. The SMILES string of the molecule is CN=Cc1cncc(COc2cc(OCc3cccc(-c4cccc(COc5cc(OCc6cncc(C#N)c6)c(CO)cc5Cl)c4C)c3C)c(Cl)cc2CNC(CO)C(=O)O)c1. The fourth-order valence-corrected chi connectivity index (χ4v) is 7.18. The summed E-state index contributed by atoms with van der Waals surface area (Å²) in [5.41, 5.74) is 9.63. The van der Waals surface area contributed by atoms with Gasteiger partial charge in [-0.2, -0.15) is 5.26 Å². The van der Waals surface area contributed by atoms with Crippen LogP contribution in [0, 0.1) is 25.2 Å². The predicted molar refractivity (Wildman–Crippen MR) is 240 cm³/mol. The topological polar surface area (TPSA) is 189 Å². The number of rotatable bonds is 20. The molecule has 0 aliphatic rings. The number of pyridine rings is 2. The standard InChI is InChI=1S/C48H45Cl2N5O8/c1-29-35(27-62-46-14-44(60-26-34-11-32(17-52-3)19-54-21-34)37(12-41(46)49)22-55-43(24-57)48(58)59)6-4-8-39(29)40-9-5-7-36(30(40)2)28-63-47-15-45(38(23-56)13-42(47)50)61-25-33-10-31(16-51)18-53-20-33/h4-15,17-21,43,55-57H,22-28H2,1-3H3,(H,58,59). The second-order valence-electron chi connectivity index (χ2n) is 14.4. The number of nitrogens with one attached hydrogen (secondary N) is 1. The highest BCUT2D eigenvalue weighted by Crippen LogP contribution is 2.37. The van der Waals surface area contributed by atoms with Crippen LogP contribution in [0.25, 0.3) is 11.1 Å². The number of carboxylic acid groups (broad SMARTS) is 1. The molecule has 0 spiro atoms. The first-order chi connectivity index (χ1) is 30.5. The summed E-state index contributed by atoms with van der Waals surface area (Å²) in [4.78, 5) is 24.0. The van der Waals surface area contributed by atoms with Gasteiger partial charge in [0.15, 0.2) is 0 Å². The number of hydrogen-bond donors (Lipinski definition) is 4. The summed E-state index contributed by atoms with van der Waals surface area (Å²) in [6.07, 6.45) is 8.15. The lowest BCUT2D eigenvalue weighted by Crippen LogP contribution is -2.39. The molecule has 0 saturated carbocycles. The molecule has 6 aromatic rings. The van der Waals surface area contributed by atoms with E-state index in [4.69, 9.17) is 42.1 Å². The van der Waals surface area contributed by atoms with Gasteiger partial charge in [-0.05, 0) is 71.5 Å². The third-order valence-corrected chi connectivity index (χ3v) is 10.8. The Morgan fingerprint density at radius 2 is 1.29 bits per heavy atom. The van der Waals surface area contributed by atoms with Crippen molar-refractivity contribution in [2.24, 2.45) is 4.99 Å². The third-order valence-electron chi connectivity index (χ3n) is 10.2. The maximum Gasteiger partial charge on any atom is 0.323 e. The van der Waals surface area contributed by atoms with Crippen molar-refractivity contribution in [1.29, 1.82) is 5.26 Å². The van der Waals surface area contributed by atoms with Gasteiger partial charge in [0, 0.05) is 84.5 Å². The monoisotopic (exact) mass is 889 g/mol. The van der Waals surface area contributed by atoms with Gasteiger partial charge in [-0.15, -0.1) is 0 Å². The van der Waals surface area contributed by atoms with Gasteiger partial charge in [0.05, 0.1) is 28.8 Å². The smallest absolute Gasteiger partial charge is 0.323 e. The summed E-state index contributed by atoms with van der Waals surface area (Å²) in [6.45, 7) is 3.88. The molecule has 1 atom stereocenters. The fraction of sp³-hybridized carbons (Fsp3) is 0.229. The molecule has 0 aliphatic heterocycles. The molecule has 1 unspecified atom stereocenters. The molecule has 6 rings (SSSR count). The Balaban J connectivity index is 1.19. The maximum absolute atomic E-state index is 11.6. The first-order valence-electron chi connectivity index (χ1n) is 19.7. The summed E-state index contributed by atoms with van der Waals surface area (Å²) >= 11 is 13.4. The van der Waals surface area contributed by atoms with Crippen molar-refractivity contribution >= 4 is 35.4 Å². The van der Waals surface area contributed by atoms with Gasteiger partial charge in [0.2, 0.25) is 0 Å². The van der Waals surface area contributed by atoms with Gasteiger partial charge in [-0.3, -0.25) is 25.1 Å². The van der Waals surface area contributed by atoms with Gasteiger partial charge in [-0.1, -0.05) is 59.6 Å². The lowest BCUT2D eigenvalue weighted by molar-refractivity contribution is -0.140.